The van der Waals surface area contributed by atoms with Crippen LogP contribution in [0.15, 0.2) is 18.2 Å². The number of rotatable bonds is 4. The number of anilines is 1. The number of carbonyl (C=O) groups is 2. The molecule has 1 aliphatic rings. The Bertz CT molecular complexity index is 551. The monoisotopic (exact) mass is 306 g/mol. The molecule has 0 radical (unpaired) electrons. The molecular weight excluding hydrogens is 284 g/mol. The third kappa shape index (κ3) is 3.69. The molecule has 0 bridgehead atoms. The summed E-state index contributed by atoms with van der Waals surface area (Å²) in [4.78, 5) is 25.4. The lowest BCUT2D eigenvalue weighted by molar-refractivity contribution is -0.132. The molecule has 2 rings (SSSR count). The fourth-order valence-corrected chi connectivity index (χ4v) is 2.59. The van der Waals surface area contributed by atoms with E-state index in [9.17, 15) is 9.59 Å². The Morgan fingerprint density at radius 2 is 1.86 bits per heavy atom. The van der Waals surface area contributed by atoms with Crippen molar-refractivity contribution in [3.8, 4) is 11.5 Å². The highest BCUT2D eigenvalue weighted by molar-refractivity contribution is 5.94. The maximum atomic E-state index is 12.4. The molecule has 6 heteroatoms. The molecule has 22 heavy (non-hydrogen) atoms. The van der Waals surface area contributed by atoms with Crippen molar-refractivity contribution in [1.29, 1.82) is 0 Å². The smallest absolute Gasteiger partial charge is 0.227 e. The van der Waals surface area contributed by atoms with Crippen molar-refractivity contribution in [1.82, 2.24) is 4.90 Å². The van der Waals surface area contributed by atoms with Crippen LogP contribution in [-0.2, 0) is 9.59 Å². The van der Waals surface area contributed by atoms with E-state index < -0.39 is 0 Å². The molecule has 1 aromatic rings. The Kier molecular flexibility index (Phi) is 5.25. The van der Waals surface area contributed by atoms with E-state index in [2.05, 4.69) is 5.32 Å². The molecule has 120 valence electrons. The van der Waals surface area contributed by atoms with Crippen LogP contribution in [-0.4, -0.2) is 44.0 Å². The summed E-state index contributed by atoms with van der Waals surface area (Å²) in [6, 6.07) is 5.27. The number of nitrogens with zero attached hydrogens (tertiary/aromatic N) is 1. The van der Waals surface area contributed by atoms with Gasteiger partial charge >= 0.3 is 0 Å². The van der Waals surface area contributed by atoms with E-state index in [0.717, 1.165) is 0 Å². The number of likely N-dealkylation sites (tertiary alicyclic amines) is 1. The number of ether oxygens (including phenoxy) is 2. The van der Waals surface area contributed by atoms with Crippen molar-refractivity contribution < 1.29 is 19.1 Å². The van der Waals surface area contributed by atoms with Crippen molar-refractivity contribution in [3.05, 3.63) is 18.2 Å². The average molecular weight is 306 g/mol. The minimum atomic E-state index is -0.0811. The van der Waals surface area contributed by atoms with Crippen molar-refractivity contribution in [3.63, 3.8) is 0 Å². The zero-order chi connectivity index (χ0) is 16.1. The molecule has 0 unspecified atom stereocenters. The van der Waals surface area contributed by atoms with Gasteiger partial charge in [0.1, 0.15) is 11.5 Å². The number of hydrogen-bond acceptors (Lipinski definition) is 4. The molecule has 0 aliphatic carbocycles. The van der Waals surface area contributed by atoms with E-state index >= 15 is 0 Å². The topological polar surface area (TPSA) is 67.9 Å². The van der Waals surface area contributed by atoms with Gasteiger partial charge in [-0.25, -0.2) is 0 Å². The van der Waals surface area contributed by atoms with Crippen LogP contribution < -0.4 is 14.8 Å². The highest BCUT2D eigenvalue weighted by atomic mass is 16.5. The molecular formula is C16H22N2O4. The standard InChI is InChI=1S/C16H22N2O4/c1-11(19)18-8-6-12(7-9-18)16(20)17-14-5-4-13(21-2)10-15(14)22-3/h4-5,10,12H,6-9H2,1-3H3,(H,17,20). The molecule has 1 fully saturated rings. The van der Waals surface area contributed by atoms with Gasteiger partial charge in [0.15, 0.2) is 0 Å². The zero-order valence-corrected chi connectivity index (χ0v) is 13.2. The first-order valence-corrected chi connectivity index (χ1v) is 7.33. The van der Waals surface area contributed by atoms with Crippen LogP contribution in [0.1, 0.15) is 19.8 Å². The van der Waals surface area contributed by atoms with Crippen molar-refractivity contribution in [2.24, 2.45) is 5.92 Å². The first kappa shape index (κ1) is 16.1. The normalized spacial score (nSPS) is 15.3. The molecule has 1 aromatic carbocycles. The summed E-state index contributed by atoms with van der Waals surface area (Å²) in [7, 11) is 3.13. The Morgan fingerprint density at radius 1 is 1.18 bits per heavy atom. The summed E-state index contributed by atoms with van der Waals surface area (Å²) in [6.07, 6.45) is 1.37. The second-order valence-corrected chi connectivity index (χ2v) is 5.34. The number of nitrogens with one attached hydrogen (secondary N) is 1. The van der Waals surface area contributed by atoms with Crippen LogP contribution in [0, 0.1) is 5.92 Å². The number of hydrogen-bond donors (Lipinski definition) is 1. The lowest BCUT2D eigenvalue weighted by Gasteiger charge is -2.30. The van der Waals surface area contributed by atoms with Gasteiger partial charge in [0.05, 0.1) is 19.9 Å². The molecule has 0 aromatic heterocycles. The number of benzene rings is 1. The molecule has 6 nitrogen and oxygen atoms in total. The zero-order valence-electron chi connectivity index (χ0n) is 13.2. The van der Waals surface area contributed by atoms with Crippen LogP contribution in [0.3, 0.4) is 0 Å². The van der Waals surface area contributed by atoms with E-state index in [0.29, 0.717) is 43.1 Å². The van der Waals surface area contributed by atoms with Gasteiger partial charge in [-0.05, 0) is 25.0 Å². The highest BCUT2D eigenvalue weighted by Gasteiger charge is 2.26. The van der Waals surface area contributed by atoms with Gasteiger partial charge in [0, 0.05) is 32.0 Å². The van der Waals surface area contributed by atoms with Crippen LogP contribution >= 0.6 is 0 Å². The van der Waals surface area contributed by atoms with Crippen molar-refractivity contribution in [2.75, 3.05) is 32.6 Å². The van der Waals surface area contributed by atoms with Gasteiger partial charge in [-0.1, -0.05) is 0 Å². The van der Waals surface area contributed by atoms with Crippen molar-refractivity contribution >= 4 is 17.5 Å². The molecule has 0 saturated carbocycles. The van der Waals surface area contributed by atoms with E-state index in [1.54, 1.807) is 44.2 Å². The van der Waals surface area contributed by atoms with Gasteiger partial charge < -0.3 is 19.7 Å². The highest BCUT2D eigenvalue weighted by Crippen LogP contribution is 2.30. The number of methoxy groups -OCH3 is 2. The maximum absolute atomic E-state index is 12.4. The predicted molar refractivity (Wildman–Crippen MR) is 83.2 cm³/mol. The summed E-state index contributed by atoms with van der Waals surface area (Å²) in [5.41, 5.74) is 0.627. The predicted octanol–water partition coefficient (Wildman–Crippen LogP) is 1.90. The quantitative estimate of drug-likeness (QED) is 0.922. The third-order valence-corrected chi connectivity index (χ3v) is 3.98. The molecule has 1 aliphatic heterocycles. The number of piperidine rings is 1. The van der Waals surface area contributed by atoms with Gasteiger partial charge in [0.2, 0.25) is 11.8 Å². The summed E-state index contributed by atoms with van der Waals surface area (Å²) in [5.74, 6) is 1.18. The summed E-state index contributed by atoms with van der Waals surface area (Å²) < 4.78 is 10.4. The number of amides is 2. The second kappa shape index (κ2) is 7.15. The summed E-state index contributed by atoms with van der Waals surface area (Å²) in [6.45, 7) is 2.82. The second-order valence-electron chi connectivity index (χ2n) is 5.34. The minimum Gasteiger partial charge on any atom is -0.497 e. The Hall–Kier alpha value is -2.24. The van der Waals surface area contributed by atoms with Gasteiger partial charge in [0.25, 0.3) is 0 Å². The lowest BCUT2D eigenvalue weighted by Crippen LogP contribution is -2.40. The molecule has 2 amide bonds. The van der Waals surface area contributed by atoms with Crippen LogP contribution in [0.5, 0.6) is 11.5 Å². The lowest BCUT2D eigenvalue weighted by atomic mass is 9.96. The first-order chi connectivity index (χ1) is 10.5. The first-order valence-electron chi connectivity index (χ1n) is 7.33. The molecule has 0 spiro atoms. The Labute approximate surface area is 130 Å². The van der Waals surface area contributed by atoms with Crippen molar-refractivity contribution in [2.45, 2.75) is 19.8 Å². The fourth-order valence-electron chi connectivity index (χ4n) is 2.59. The van der Waals surface area contributed by atoms with E-state index in [-0.39, 0.29) is 17.7 Å². The van der Waals surface area contributed by atoms with Crippen LogP contribution in [0.25, 0.3) is 0 Å². The van der Waals surface area contributed by atoms with E-state index in [1.165, 1.54) is 0 Å². The SMILES string of the molecule is COc1ccc(NC(=O)C2CCN(C(C)=O)CC2)c(OC)c1. The molecule has 1 saturated heterocycles. The fraction of sp³-hybridized carbons (Fsp3) is 0.500. The Morgan fingerprint density at radius 3 is 2.41 bits per heavy atom. The van der Waals surface area contributed by atoms with Gasteiger partial charge in [-0.2, -0.15) is 0 Å². The maximum Gasteiger partial charge on any atom is 0.227 e. The minimum absolute atomic E-state index is 0.0355. The van der Waals surface area contributed by atoms with E-state index in [1.807, 2.05) is 0 Å². The average Bonchev–Trinajstić information content (AvgIpc) is 2.55. The van der Waals surface area contributed by atoms with Gasteiger partial charge in [-0.3, -0.25) is 9.59 Å². The summed E-state index contributed by atoms with van der Waals surface area (Å²) in [5, 5.41) is 2.90. The number of carbonyl (C=O) groups excluding carboxylic acids is 2. The third-order valence-electron chi connectivity index (χ3n) is 3.98. The molecule has 0 atom stereocenters. The molecule has 1 N–H and O–H groups in total. The molecule has 1 heterocycles. The van der Waals surface area contributed by atoms with Gasteiger partial charge in [-0.15, -0.1) is 0 Å². The van der Waals surface area contributed by atoms with E-state index in [4.69, 9.17) is 9.47 Å². The Balaban J connectivity index is 1.99. The largest absolute Gasteiger partial charge is 0.497 e. The summed E-state index contributed by atoms with van der Waals surface area (Å²) >= 11 is 0. The van der Waals surface area contributed by atoms with Crippen LogP contribution in [0.4, 0.5) is 5.69 Å². The van der Waals surface area contributed by atoms with Crippen LogP contribution in [0.2, 0.25) is 0 Å².